The van der Waals surface area contributed by atoms with Crippen molar-refractivity contribution < 1.29 is 19.1 Å². The van der Waals surface area contributed by atoms with Crippen LogP contribution in [0, 0.1) is 23.7 Å². The van der Waals surface area contributed by atoms with Crippen LogP contribution in [-0.4, -0.2) is 62.6 Å². The standard InChI is InChI=1S/C23H30N4O4.HI/c1-14(31-18-7-5-4-6-17(18)30-3)13-26-23(24-2)25-10-11-27-21(28)19-15-8-9-16(12-15)20(19)22(27)29;/h4-9,14-16,19-20H,10-13H2,1-3H3,(H2,24,25,26);1H. The van der Waals surface area contributed by atoms with Crippen LogP contribution >= 0.6 is 24.0 Å². The molecular formula is C23H31IN4O4. The van der Waals surface area contributed by atoms with Crippen molar-refractivity contribution in [2.24, 2.45) is 28.7 Å². The summed E-state index contributed by atoms with van der Waals surface area (Å²) in [6.45, 7) is 3.27. The number of halogens is 1. The Kier molecular flexibility index (Phi) is 8.02. The number of imide groups is 1. The number of methoxy groups -OCH3 is 1. The van der Waals surface area contributed by atoms with Crippen LogP contribution < -0.4 is 20.1 Å². The molecule has 8 nitrogen and oxygen atoms in total. The molecule has 2 bridgehead atoms. The topological polar surface area (TPSA) is 92.3 Å². The molecule has 4 rings (SSSR count). The average Bonchev–Trinajstić information content (AvgIpc) is 3.46. The van der Waals surface area contributed by atoms with Crippen LogP contribution in [-0.2, 0) is 9.59 Å². The van der Waals surface area contributed by atoms with Crippen molar-refractivity contribution in [3.8, 4) is 11.5 Å². The highest BCUT2D eigenvalue weighted by Gasteiger charge is 2.58. The first-order valence-electron chi connectivity index (χ1n) is 10.8. The number of para-hydroxylation sites is 2. The third-order valence-electron chi connectivity index (χ3n) is 6.37. The number of guanidine groups is 1. The lowest BCUT2D eigenvalue weighted by molar-refractivity contribution is -0.140. The summed E-state index contributed by atoms with van der Waals surface area (Å²) in [5.41, 5.74) is 0. The third kappa shape index (κ3) is 4.72. The summed E-state index contributed by atoms with van der Waals surface area (Å²) in [5, 5.41) is 6.39. The van der Waals surface area contributed by atoms with Crippen LogP contribution in [0.25, 0.3) is 0 Å². The van der Waals surface area contributed by atoms with E-state index in [1.807, 2.05) is 31.2 Å². The van der Waals surface area contributed by atoms with Gasteiger partial charge in [0.25, 0.3) is 0 Å². The van der Waals surface area contributed by atoms with Crippen molar-refractivity contribution >= 4 is 41.8 Å². The summed E-state index contributed by atoms with van der Waals surface area (Å²) in [4.78, 5) is 31.1. The second-order valence-electron chi connectivity index (χ2n) is 8.29. The number of nitrogens with zero attached hydrogens (tertiary/aromatic N) is 2. The van der Waals surface area contributed by atoms with Gasteiger partial charge in [-0.1, -0.05) is 24.3 Å². The summed E-state index contributed by atoms with van der Waals surface area (Å²) in [7, 11) is 3.29. The van der Waals surface area contributed by atoms with Gasteiger partial charge < -0.3 is 20.1 Å². The minimum Gasteiger partial charge on any atom is -0.493 e. The molecule has 1 aromatic rings. The number of rotatable bonds is 8. The Morgan fingerprint density at radius 3 is 2.34 bits per heavy atom. The fourth-order valence-electron chi connectivity index (χ4n) is 4.91. The number of hydrogen-bond acceptors (Lipinski definition) is 5. The number of aliphatic imine (C=N–C) groups is 1. The molecule has 1 aliphatic heterocycles. The van der Waals surface area contributed by atoms with E-state index in [2.05, 4.69) is 27.8 Å². The monoisotopic (exact) mass is 554 g/mol. The maximum Gasteiger partial charge on any atom is 0.233 e. The summed E-state index contributed by atoms with van der Waals surface area (Å²) in [6, 6.07) is 7.51. The van der Waals surface area contributed by atoms with E-state index in [1.165, 1.54) is 4.90 Å². The maximum atomic E-state index is 12.7. The van der Waals surface area contributed by atoms with Gasteiger partial charge in [0, 0.05) is 20.1 Å². The first-order valence-corrected chi connectivity index (χ1v) is 10.8. The molecule has 32 heavy (non-hydrogen) atoms. The number of benzene rings is 1. The zero-order chi connectivity index (χ0) is 22.0. The Hall–Kier alpha value is -2.30. The lowest BCUT2D eigenvalue weighted by Crippen LogP contribution is -2.45. The van der Waals surface area contributed by atoms with Crippen molar-refractivity contribution in [2.75, 3.05) is 33.8 Å². The van der Waals surface area contributed by atoms with Gasteiger partial charge in [0.1, 0.15) is 6.10 Å². The SMILES string of the molecule is CN=C(NCCN1C(=O)C2C3C=CC(C3)C2C1=O)NCC(C)Oc1ccccc1OC.I. The number of amides is 2. The molecule has 1 heterocycles. The van der Waals surface area contributed by atoms with Gasteiger partial charge in [0.05, 0.1) is 25.5 Å². The maximum absolute atomic E-state index is 12.7. The molecule has 2 amide bonds. The van der Waals surface area contributed by atoms with Gasteiger partial charge in [-0.05, 0) is 37.3 Å². The molecule has 2 N–H and O–H groups in total. The molecule has 0 aromatic heterocycles. The van der Waals surface area contributed by atoms with E-state index >= 15 is 0 Å². The molecule has 1 saturated heterocycles. The van der Waals surface area contributed by atoms with Crippen LogP contribution in [0.15, 0.2) is 41.4 Å². The number of likely N-dealkylation sites (tertiary alicyclic amines) is 1. The number of allylic oxidation sites excluding steroid dienone is 2. The van der Waals surface area contributed by atoms with E-state index in [9.17, 15) is 9.59 Å². The average molecular weight is 554 g/mol. The molecule has 0 radical (unpaired) electrons. The van der Waals surface area contributed by atoms with E-state index in [4.69, 9.17) is 9.47 Å². The number of fused-ring (bicyclic) bond motifs is 5. The predicted molar refractivity (Wildman–Crippen MR) is 132 cm³/mol. The summed E-state index contributed by atoms with van der Waals surface area (Å²) >= 11 is 0. The molecule has 1 saturated carbocycles. The quantitative estimate of drug-likeness (QED) is 0.168. The Balaban J connectivity index is 0.00000289. The number of nitrogens with one attached hydrogen (secondary N) is 2. The second-order valence-corrected chi connectivity index (χ2v) is 8.29. The highest BCUT2D eigenvalue weighted by molar-refractivity contribution is 14.0. The molecule has 9 heteroatoms. The van der Waals surface area contributed by atoms with Crippen LogP contribution in [0.3, 0.4) is 0 Å². The van der Waals surface area contributed by atoms with E-state index in [1.54, 1.807) is 14.2 Å². The summed E-state index contributed by atoms with van der Waals surface area (Å²) in [5.74, 6) is 2.11. The van der Waals surface area contributed by atoms with Gasteiger partial charge in [-0.25, -0.2) is 0 Å². The predicted octanol–water partition coefficient (Wildman–Crippen LogP) is 2.05. The molecule has 174 valence electrons. The van der Waals surface area contributed by atoms with Crippen molar-refractivity contribution in [3.05, 3.63) is 36.4 Å². The van der Waals surface area contributed by atoms with E-state index in [0.717, 1.165) is 6.42 Å². The Bertz CT molecular complexity index is 876. The van der Waals surface area contributed by atoms with Crippen molar-refractivity contribution in [2.45, 2.75) is 19.4 Å². The zero-order valence-corrected chi connectivity index (χ0v) is 20.9. The second kappa shape index (κ2) is 10.5. The van der Waals surface area contributed by atoms with Crippen molar-refractivity contribution in [3.63, 3.8) is 0 Å². The lowest BCUT2D eigenvalue weighted by Gasteiger charge is -2.20. The largest absolute Gasteiger partial charge is 0.493 e. The first kappa shape index (κ1) is 24.3. The molecule has 1 aromatic carbocycles. The Labute approximate surface area is 205 Å². The molecule has 5 atom stereocenters. The minimum absolute atomic E-state index is 0. The van der Waals surface area contributed by atoms with Crippen molar-refractivity contribution in [1.29, 1.82) is 0 Å². The Morgan fingerprint density at radius 2 is 1.75 bits per heavy atom. The molecule has 2 fully saturated rings. The molecule has 3 aliphatic rings. The Morgan fingerprint density at radius 1 is 1.12 bits per heavy atom. The first-order chi connectivity index (χ1) is 15.0. The number of ether oxygens (including phenoxy) is 2. The van der Waals surface area contributed by atoms with Gasteiger partial charge in [0.15, 0.2) is 17.5 Å². The fourth-order valence-corrected chi connectivity index (χ4v) is 4.91. The fraction of sp³-hybridized carbons (Fsp3) is 0.522. The number of hydrogen-bond donors (Lipinski definition) is 2. The van der Waals surface area contributed by atoms with Crippen LogP contribution in [0.2, 0.25) is 0 Å². The highest BCUT2D eigenvalue weighted by atomic mass is 127. The summed E-state index contributed by atoms with van der Waals surface area (Å²) < 4.78 is 11.3. The molecule has 5 unspecified atom stereocenters. The third-order valence-corrected chi connectivity index (χ3v) is 6.37. The van der Waals surface area contributed by atoms with E-state index < -0.39 is 0 Å². The van der Waals surface area contributed by atoms with Gasteiger partial charge in [-0.15, -0.1) is 24.0 Å². The van der Waals surface area contributed by atoms with Crippen molar-refractivity contribution in [1.82, 2.24) is 15.5 Å². The van der Waals surface area contributed by atoms with Crippen LogP contribution in [0.5, 0.6) is 11.5 Å². The normalized spacial score (nSPS) is 26.6. The summed E-state index contributed by atoms with van der Waals surface area (Å²) in [6.07, 6.45) is 5.04. The van der Waals surface area contributed by atoms with E-state index in [-0.39, 0.29) is 65.6 Å². The van der Waals surface area contributed by atoms with Crippen LogP contribution in [0.4, 0.5) is 0 Å². The van der Waals surface area contributed by atoms with Gasteiger partial charge in [0.2, 0.25) is 11.8 Å². The number of carbonyl (C=O) groups excluding carboxylic acids is 2. The zero-order valence-electron chi connectivity index (χ0n) is 18.6. The molecule has 0 spiro atoms. The smallest absolute Gasteiger partial charge is 0.233 e. The van der Waals surface area contributed by atoms with Gasteiger partial charge in [-0.3, -0.25) is 19.5 Å². The van der Waals surface area contributed by atoms with Gasteiger partial charge >= 0.3 is 0 Å². The molecular weight excluding hydrogens is 523 g/mol. The highest BCUT2D eigenvalue weighted by Crippen LogP contribution is 2.52. The van der Waals surface area contributed by atoms with Gasteiger partial charge in [-0.2, -0.15) is 0 Å². The van der Waals surface area contributed by atoms with Crippen LogP contribution in [0.1, 0.15) is 13.3 Å². The number of carbonyl (C=O) groups is 2. The molecule has 2 aliphatic carbocycles. The lowest BCUT2D eigenvalue weighted by atomic mass is 9.85. The minimum atomic E-state index is -0.145. The van der Waals surface area contributed by atoms with E-state index in [0.29, 0.717) is 37.1 Å².